The largest absolute Gasteiger partial charge is 0.483 e. The van der Waals surface area contributed by atoms with Crippen LogP contribution in [0.2, 0.25) is 0 Å². The summed E-state index contributed by atoms with van der Waals surface area (Å²) in [5, 5.41) is 14.9. The van der Waals surface area contributed by atoms with Crippen molar-refractivity contribution in [3.05, 3.63) is 41.7 Å². The number of nitrogens with zero attached hydrogens (tertiary/aromatic N) is 4. The summed E-state index contributed by atoms with van der Waals surface area (Å²) in [4.78, 5) is 17.3. The number of pyridine rings is 2. The minimum Gasteiger partial charge on any atom is -0.483 e. The first-order chi connectivity index (χ1) is 17.5. The summed E-state index contributed by atoms with van der Waals surface area (Å²) in [6.07, 6.45) is 4.96. The van der Waals surface area contributed by atoms with Crippen LogP contribution in [-0.2, 0) is 17.7 Å². The summed E-state index contributed by atoms with van der Waals surface area (Å²) in [6.45, 7) is 1.89. The Kier molecular flexibility index (Phi) is 5.85. The normalized spacial score (nSPS) is 25.6. The molecule has 3 aromatic rings. The van der Waals surface area contributed by atoms with Gasteiger partial charge in [0.2, 0.25) is 5.88 Å². The van der Waals surface area contributed by atoms with Crippen LogP contribution in [0.3, 0.4) is 0 Å². The van der Waals surface area contributed by atoms with E-state index in [0.29, 0.717) is 79.1 Å². The topological polar surface area (TPSA) is 121 Å². The number of aromatic nitrogens is 4. The van der Waals surface area contributed by atoms with Gasteiger partial charge in [-0.15, -0.1) is 0 Å². The van der Waals surface area contributed by atoms with Gasteiger partial charge >= 0.3 is 0 Å². The number of nitrogens with one attached hydrogen (secondary N) is 1. The molecule has 0 spiro atoms. The Morgan fingerprint density at radius 2 is 1.94 bits per heavy atom. The van der Waals surface area contributed by atoms with Gasteiger partial charge in [-0.25, -0.2) is 14.4 Å². The predicted octanol–water partition coefficient (Wildman–Crippen LogP) is 2.11. The molecular weight excluding hydrogens is 469 g/mol. The first kappa shape index (κ1) is 23.3. The van der Waals surface area contributed by atoms with Crippen molar-refractivity contribution in [3.8, 4) is 17.5 Å². The number of fused-ring (bicyclic) bond motifs is 5. The highest BCUT2D eigenvalue weighted by Gasteiger charge is 2.53. The van der Waals surface area contributed by atoms with Crippen molar-refractivity contribution in [1.82, 2.24) is 25.3 Å². The summed E-state index contributed by atoms with van der Waals surface area (Å²) in [5.41, 5.74) is 0.321. The molecule has 1 unspecified atom stereocenters. The van der Waals surface area contributed by atoms with Gasteiger partial charge in [-0.05, 0) is 31.7 Å². The first-order valence-electron chi connectivity index (χ1n) is 12.2. The van der Waals surface area contributed by atoms with Crippen molar-refractivity contribution < 1.29 is 28.4 Å². The molecule has 7 rings (SSSR count). The van der Waals surface area contributed by atoms with E-state index in [9.17, 15) is 9.50 Å². The summed E-state index contributed by atoms with van der Waals surface area (Å²) < 4.78 is 37.4. The number of halogens is 1. The van der Waals surface area contributed by atoms with Crippen molar-refractivity contribution in [1.29, 1.82) is 0 Å². The highest BCUT2D eigenvalue weighted by atomic mass is 19.1. The number of ether oxygens (including phenoxy) is 4. The van der Waals surface area contributed by atoms with Crippen LogP contribution < -0.4 is 19.5 Å². The Labute approximate surface area is 207 Å². The average Bonchev–Trinajstić information content (AvgIpc) is 2.94. The predicted molar refractivity (Wildman–Crippen MR) is 126 cm³/mol. The molecule has 2 bridgehead atoms. The van der Waals surface area contributed by atoms with E-state index in [0.717, 1.165) is 12.8 Å². The van der Waals surface area contributed by atoms with Gasteiger partial charge in [0.1, 0.15) is 24.9 Å². The number of hydrogen-bond acceptors (Lipinski definition) is 10. The van der Waals surface area contributed by atoms with Crippen LogP contribution in [-0.4, -0.2) is 69.2 Å². The van der Waals surface area contributed by atoms with Crippen molar-refractivity contribution >= 4 is 11.0 Å². The summed E-state index contributed by atoms with van der Waals surface area (Å²) in [5.74, 6) is 1.53. The molecule has 0 amide bonds. The molecule has 1 saturated carbocycles. The second kappa shape index (κ2) is 9.06. The third kappa shape index (κ3) is 4.10. The highest BCUT2D eigenvalue weighted by Crippen LogP contribution is 2.46. The Morgan fingerprint density at radius 1 is 1.11 bits per heavy atom. The molecule has 36 heavy (non-hydrogen) atoms. The van der Waals surface area contributed by atoms with E-state index in [1.807, 2.05) is 0 Å². The monoisotopic (exact) mass is 497 g/mol. The third-order valence-electron chi connectivity index (χ3n) is 7.62. The molecule has 2 N–H and O–H groups in total. The summed E-state index contributed by atoms with van der Waals surface area (Å²) >= 11 is 0. The fourth-order valence-corrected chi connectivity index (χ4v) is 5.38. The fourth-order valence-electron chi connectivity index (χ4n) is 5.38. The number of rotatable bonds is 7. The summed E-state index contributed by atoms with van der Waals surface area (Å²) in [6, 6.07) is 3.41. The summed E-state index contributed by atoms with van der Waals surface area (Å²) in [7, 11) is 1.51. The number of aliphatic hydroxyl groups is 1. The van der Waals surface area contributed by atoms with Crippen LogP contribution in [0.15, 0.2) is 24.5 Å². The van der Waals surface area contributed by atoms with Gasteiger partial charge < -0.3 is 29.4 Å². The molecule has 3 fully saturated rings. The van der Waals surface area contributed by atoms with Gasteiger partial charge in [0.25, 0.3) is 5.88 Å². The zero-order valence-electron chi connectivity index (χ0n) is 20.0. The Hall–Kier alpha value is -3.15. The van der Waals surface area contributed by atoms with Crippen LogP contribution >= 0.6 is 0 Å². The maximum atomic E-state index is 14.8. The molecule has 2 saturated heterocycles. The van der Waals surface area contributed by atoms with Crippen molar-refractivity contribution in [2.75, 3.05) is 26.9 Å². The molecule has 1 aliphatic carbocycles. The van der Waals surface area contributed by atoms with Crippen molar-refractivity contribution in [3.63, 3.8) is 0 Å². The van der Waals surface area contributed by atoms with Crippen molar-refractivity contribution in [2.45, 2.75) is 55.9 Å². The van der Waals surface area contributed by atoms with E-state index in [4.69, 9.17) is 18.9 Å². The van der Waals surface area contributed by atoms with Crippen LogP contribution in [0.1, 0.15) is 37.1 Å². The Morgan fingerprint density at radius 3 is 2.72 bits per heavy atom. The standard InChI is InChI=1S/C25H28FN5O5/c1-33-21-3-2-17-22(31-21)15(16(26)11-27-17)10-19(32)25-6-4-24(5-7-25,14-36-25)29-13-20-28-12-18-23(30-20)35-9-8-34-18/h2-3,11-12,19,29,32H,4-10,13-14H2,1H3. The number of hydrogen-bond donors (Lipinski definition) is 2. The Balaban J connectivity index is 1.13. The van der Waals surface area contributed by atoms with Gasteiger partial charge in [0.15, 0.2) is 5.75 Å². The number of methoxy groups -OCH3 is 1. The molecular formula is C25H28FN5O5. The molecule has 1 atom stereocenters. The third-order valence-corrected chi connectivity index (χ3v) is 7.62. The molecule has 10 nitrogen and oxygen atoms in total. The van der Waals surface area contributed by atoms with Gasteiger partial charge in [-0.3, -0.25) is 4.98 Å². The van der Waals surface area contributed by atoms with E-state index in [1.54, 1.807) is 18.3 Å². The zero-order valence-corrected chi connectivity index (χ0v) is 20.0. The number of aliphatic hydroxyl groups excluding tert-OH is 1. The van der Waals surface area contributed by atoms with E-state index in [-0.39, 0.29) is 12.0 Å². The molecule has 6 heterocycles. The minimum absolute atomic E-state index is 0.0798. The van der Waals surface area contributed by atoms with Crippen LogP contribution in [0, 0.1) is 5.82 Å². The maximum absolute atomic E-state index is 14.8. The van der Waals surface area contributed by atoms with E-state index < -0.39 is 17.5 Å². The van der Waals surface area contributed by atoms with Gasteiger partial charge in [0, 0.05) is 23.6 Å². The quantitative estimate of drug-likeness (QED) is 0.502. The molecule has 0 radical (unpaired) electrons. The van der Waals surface area contributed by atoms with Gasteiger partial charge in [0.05, 0.1) is 55.4 Å². The first-order valence-corrected chi connectivity index (χ1v) is 12.2. The molecule has 11 heteroatoms. The zero-order chi connectivity index (χ0) is 24.8. The lowest BCUT2D eigenvalue weighted by Gasteiger charge is -2.55. The lowest BCUT2D eigenvalue weighted by Crippen LogP contribution is -2.65. The van der Waals surface area contributed by atoms with Crippen molar-refractivity contribution in [2.24, 2.45) is 0 Å². The molecule has 3 aromatic heterocycles. The van der Waals surface area contributed by atoms with Crippen LogP contribution in [0.5, 0.6) is 17.5 Å². The second-order valence-corrected chi connectivity index (χ2v) is 9.67. The lowest BCUT2D eigenvalue weighted by atomic mass is 9.68. The SMILES string of the molecule is COc1ccc2ncc(F)c(CC(O)C34CCC(NCc5ncc6c(n5)OCCO6)(CC3)CO4)c2n1. The Bertz CT molecular complexity index is 1270. The van der Waals surface area contributed by atoms with Gasteiger partial charge in [-0.1, -0.05) is 0 Å². The fraction of sp³-hybridized carbons (Fsp3) is 0.520. The second-order valence-electron chi connectivity index (χ2n) is 9.67. The van der Waals surface area contributed by atoms with Gasteiger partial charge in [-0.2, -0.15) is 4.98 Å². The highest BCUT2D eigenvalue weighted by molar-refractivity contribution is 5.78. The maximum Gasteiger partial charge on any atom is 0.260 e. The smallest absolute Gasteiger partial charge is 0.260 e. The molecule has 190 valence electrons. The van der Waals surface area contributed by atoms with E-state index in [2.05, 4.69) is 25.3 Å². The molecule has 0 aromatic carbocycles. The minimum atomic E-state index is -0.884. The average molecular weight is 498 g/mol. The van der Waals surface area contributed by atoms with E-state index in [1.165, 1.54) is 13.3 Å². The van der Waals surface area contributed by atoms with Crippen LogP contribution in [0.4, 0.5) is 4.39 Å². The lowest BCUT2D eigenvalue weighted by molar-refractivity contribution is -0.208. The molecule has 4 aliphatic rings. The molecule has 3 aliphatic heterocycles. The van der Waals surface area contributed by atoms with Crippen LogP contribution in [0.25, 0.3) is 11.0 Å². The van der Waals surface area contributed by atoms with E-state index >= 15 is 0 Å².